The van der Waals surface area contributed by atoms with Crippen molar-refractivity contribution >= 4 is 11.6 Å². The first kappa shape index (κ1) is 11.9. The molecule has 17 heavy (non-hydrogen) atoms. The summed E-state index contributed by atoms with van der Waals surface area (Å²) in [6.07, 6.45) is 1.33. The summed E-state index contributed by atoms with van der Waals surface area (Å²) in [5.41, 5.74) is 0.943. The van der Waals surface area contributed by atoms with Crippen molar-refractivity contribution < 1.29 is 9.90 Å². The van der Waals surface area contributed by atoms with Crippen LogP contribution >= 0.6 is 0 Å². The maximum atomic E-state index is 11.9. The molecule has 4 heteroatoms. The number of aliphatic hydroxyl groups excluding tert-OH is 1. The Bertz CT molecular complexity index is 367. The average Bonchev–Trinajstić information content (AvgIpc) is 2.37. The summed E-state index contributed by atoms with van der Waals surface area (Å²) < 4.78 is 0. The van der Waals surface area contributed by atoms with Crippen LogP contribution in [0.5, 0.6) is 0 Å². The van der Waals surface area contributed by atoms with Crippen LogP contribution in [0.25, 0.3) is 0 Å². The van der Waals surface area contributed by atoms with Crippen LogP contribution in [-0.2, 0) is 4.79 Å². The lowest BCUT2D eigenvalue weighted by Gasteiger charge is -2.30. The Balaban J connectivity index is 1.81. The van der Waals surface area contributed by atoms with E-state index >= 15 is 0 Å². The van der Waals surface area contributed by atoms with Gasteiger partial charge in [-0.1, -0.05) is 18.2 Å². The summed E-state index contributed by atoms with van der Waals surface area (Å²) in [4.78, 5) is 13.6. The topological polar surface area (TPSA) is 52.6 Å². The number of aliphatic hydroxyl groups is 1. The standard InChI is InChI=1S/C13H18N2O2/c16-12-7-4-8-15(10-12)13(17)9-14-11-5-2-1-3-6-11/h1-3,5-6,12,14,16H,4,7-10H2/t12-/m0/s1. The Morgan fingerprint density at radius 3 is 2.88 bits per heavy atom. The van der Waals surface area contributed by atoms with Crippen LogP contribution in [0.2, 0.25) is 0 Å². The molecule has 1 saturated heterocycles. The third kappa shape index (κ3) is 3.46. The van der Waals surface area contributed by atoms with Crippen molar-refractivity contribution in [1.29, 1.82) is 0 Å². The largest absolute Gasteiger partial charge is 0.391 e. The Morgan fingerprint density at radius 1 is 1.41 bits per heavy atom. The van der Waals surface area contributed by atoms with Gasteiger partial charge in [0.2, 0.25) is 5.91 Å². The molecule has 1 aromatic rings. The quantitative estimate of drug-likeness (QED) is 0.823. The molecular weight excluding hydrogens is 216 g/mol. The summed E-state index contributed by atoms with van der Waals surface area (Å²) >= 11 is 0. The molecule has 2 N–H and O–H groups in total. The first-order chi connectivity index (χ1) is 8.25. The number of anilines is 1. The van der Waals surface area contributed by atoms with Crippen molar-refractivity contribution in [2.24, 2.45) is 0 Å². The highest BCUT2D eigenvalue weighted by molar-refractivity contribution is 5.81. The molecule has 1 aliphatic rings. The molecule has 92 valence electrons. The first-order valence-electron chi connectivity index (χ1n) is 6.00. The number of piperidine rings is 1. The number of hydrogen-bond acceptors (Lipinski definition) is 3. The second-order valence-electron chi connectivity index (χ2n) is 4.36. The Kier molecular flexibility index (Phi) is 3.98. The fraction of sp³-hybridized carbons (Fsp3) is 0.462. The normalized spacial score (nSPS) is 20.1. The van der Waals surface area contributed by atoms with Crippen LogP contribution in [-0.4, -0.2) is 41.7 Å². The molecule has 1 fully saturated rings. The van der Waals surface area contributed by atoms with Crippen LogP contribution in [0.1, 0.15) is 12.8 Å². The van der Waals surface area contributed by atoms with Gasteiger partial charge in [0.25, 0.3) is 0 Å². The van der Waals surface area contributed by atoms with Gasteiger partial charge in [-0.3, -0.25) is 4.79 Å². The summed E-state index contributed by atoms with van der Waals surface area (Å²) in [7, 11) is 0. The zero-order valence-corrected chi connectivity index (χ0v) is 9.80. The fourth-order valence-corrected chi connectivity index (χ4v) is 2.03. The van der Waals surface area contributed by atoms with Crippen molar-refractivity contribution in [2.45, 2.75) is 18.9 Å². The number of β-amino-alcohol motifs (C(OH)–C–C–N with tert-alkyl or cyclic N) is 1. The Labute approximate surface area is 101 Å². The number of benzene rings is 1. The van der Waals surface area contributed by atoms with E-state index in [2.05, 4.69) is 5.32 Å². The lowest BCUT2D eigenvalue weighted by atomic mass is 10.1. The SMILES string of the molecule is O=C(CNc1ccccc1)N1CCC[C@H](O)C1. The number of likely N-dealkylation sites (tertiary alicyclic amines) is 1. The van der Waals surface area contributed by atoms with Crippen LogP contribution in [0.3, 0.4) is 0 Å². The number of carbonyl (C=O) groups excluding carboxylic acids is 1. The molecule has 0 radical (unpaired) electrons. The van der Waals surface area contributed by atoms with Crippen LogP contribution in [0.4, 0.5) is 5.69 Å². The second kappa shape index (κ2) is 5.68. The Morgan fingerprint density at radius 2 is 2.18 bits per heavy atom. The molecule has 0 bridgehead atoms. The molecule has 1 heterocycles. The molecule has 1 aliphatic heterocycles. The highest BCUT2D eigenvalue weighted by Crippen LogP contribution is 2.10. The third-order valence-corrected chi connectivity index (χ3v) is 2.97. The summed E-state index contributed by atoms with van der Waals surface area (Å²) in [5.74, 6) is 0.0487. The predicted molar refractivity (Wildman–Crippen MR) is 66.8 cm³/mol. The van der Waals surface area contributed by atoms with Crippen molar-refractivity contribution in [2.75, 3.05) is 25.0 Å². The van der Waals surface area contributed by atoms with Gasteiger partial charge >= 0.3 is 0 Å². The summed E-state index contributed by atoms with van der Waals surface area (Å²) in [6, 6.07) is 9.65. The predicted octanol–water partition coefficient (Wildman–Crippen LogP) is 1.08. The van der Waals surface area contributed by atoms with Crippen molar-refractivity contribution in [3.8, 4) is 0 Å². The smallest absolute Gasteiger partial charge is 0.241 e. The first-order valence-corrected chi connectivity index (χ1v) is 6.00. The number of para-hydroxylation sites is 1. The second-order valence-corrected chi connectivity index (χ2v) is 4.36. The van der Waals surface area contributed by atoms with Gasteiger partial charge in [0.1, 0.15) is 0 Å². The molecule has 0 aliphatic carbocycles. The average molecular weight is 234 g/mol. The van der Waals surface area contributed by atoms with Crippen LogP contribution in [0.15, 0.2) is 30.3 Å². The van der Waals surface area contributed by atoms with E-state index in [4.69, 9.17) is 0 Å². The maximum Gasteiger partial charge on any atom is 0.241 e. The van der Waals surface area contributed by atoms with Crippen molar-refractivity contribution in [3.63, 3.8) is 0 Å². The van der Waals surface area contributed by atoms with E-state index < -0.39 is 0 Å². The van der Waals surface area contributed by atoms with Gasteiger partial charge in [0.05, 0.1) is 12.6 Å². The van der Waals surface area contributed by atoms with Gasteiger partial charge < -0.3 is 15.3 Å². The monoisotopic (exact) mass is 234 g/mol. The van der Waals surface area contributed by atoms with E-state index in [0.717, 1.165) is 25.1 Å². The van der Waals surface area contributed by atoms with E-state index in [1.807, 2.05) is 30.3 Å². The third-order valence-electron chi connectivity index (χ3n) is 2.97. The molecule has 4 nitrogen and oxygen atoms in total. The maximum absolute atomic E-state index is 11.9. The Hall–Kier alpha value is -1.55. The summed E-state index contributed by atoms with van der Waals surface area (Å²) in [5, 5.41) is 12.6. The van der Waals surface area contributed by atoms with E-state index in [0.29, 0.717) is 6.54 Å². The van der Waals surface area contributed by atoms with E-state index in [1.54, 1.807) is 4.90 Å². The number of nitrogens with zero attached hydrogens (tertiary/aromatic N) is 1. The van der Waals surface area contributed by atoms with Gasteiger partial charge in [-0.2, -0.15) is 0 Å². The van der Waals surface area contributed by atoms with Crippen LogP contribution < -0.4 is 5.32 Å². The molecule has 1 atom stereocenters. The molecule has 0 unspecified atom stereocenters. The molecule has 0 saturated carbocycles. The van der Waals surface area contributed by atoms with Crippen molar-refractivity contribution in [1.82, 2.24) is 4.90 Å². The zero-order valence-electron chi connectivity index (χ0n) is 9.80. The molecule has 1 amide bonds. The lowest BCUT2D eigenvalue weighted by molar-refractivity contribution is -0.132. The molecule has 2 rings (SSSR count). The van der Waals surface area contributed by atoms with E-state index in [9.17, 15) is 9.90 Å². The van der Waals surface area contributed by atoms with Gasteiger partial charge in [0.15, 0.2) is 0 Å². The molecular formula is C13H18N2O2. The molecule has 0 aromatic heterocycles. The number of nitrogens with one attached hydrogen (secondary N) is 1. The van der Waals surface area contributed by atoms with Gasteiger partial charge in [-0.15, -0.1) is 0 Å². The minimum atomic E-state index is -0.357. The van der Waals surface area contributed by atoms with Crippen molar-refractivity contribution in [3.05, 3.63) is 30.3 Å². The van der Waals surface area contributed by atoms with E-state index in [1.165, 1.54) is 0 Å². The number of amides is 1. The van der Waals surface area contributed by atoms with Gasteiger partial charge in [0, 0.05) is 18.8 Å². The highest BCUT2D eigenvalue weighted by Gasteiger charge is 2.21. The van der Waals surface area contributed by atoms with Gasteiger partial charge in [-0.05, 0) is 25.0 Å². The number of rotatable bonds is 3. The van der Waals surface area contributed by atoms with Crippen LogP contribution in [0, 0.1) is 0 Å². The minimum Gasteiger partial charge on any atom is -0.391 e. The fourth-order valence-electron chi connectivity index (χ4n) is 2.03. The number of carbonyl (C=O) groups is 1. The van der Waals surface area contributed by atoms with Gasteiger partial charge in [-0.25, -0.2) is 0 Å². The number of hydrogen-bond donors (Lipinski definition) is 2. The summed E-state index contributed by atoms with van der Waals surface area (Å²) in [6.45, 7) is 1.51. The van der Waals surface area contributed by atoms with E-state index in [-0.39, 0.29) is 18.6 Å². The molecule has 0 spiro atoms. The minimum absolute atomic E-state index is 0.0487. The highest BCUT2D eigenvalue weighted by atomic mass is 16.3. The zero-order chi connectivity index (χ0) is 12.1. The molecule has 1 aromatic carbocycles. The lowest BCUT2D eigenvalue weighted by Crippen LogP contribution is -2.44.